The van der Waals surface area contributed by atoms with Gasteiger partial charge >= 0.3 is 0 Å². The molecule has 1 heterocycles. The van der Waals surface area contributed by atoms with Crippen molar-refractivity contribution in [2.45, 2.75) is 5.22 Å². The molecule has 0 unspecified atom stereocenters. The van der Waals surface area contributed by atoms with Crippen LogP contribution in [0.1, 0.15) is 5.56 Å². The number of rotatable bonds is 4. The summed E-state index contributed by atoms with van der Waals surface area (Å²) in [6, 6.07) is 12.6. The minimum atomic E-state index is -1.35. The molecule has 22 heavy (non-hydrogen) atoms. The van der Waals surface area contributed by atoms with Gasteiger partial charge in [-0.3, -0.25) is 0 Å². The zero-order valence-electron chi connectivity index (χ0n) is 11.2. The van der Waals surface area contributed by atoms with Crippen molar-refractivity contribution in [3.63, 3.8) is 0 Å². The Balaban J connectivity index is 1.91. The molecular weight excluding hydrogens is 305 g/mol. The molecule has 0 aliphatic carbocycles. The van der Waals surface area contributed by atoms with Crippen molar-refractivity contribution in [1.82, 2.24) is 4.98 Å². The minimum absolute atomic E-state index is 0.0711. The smallest absolute Gasteiger partial charge is 0.261 e. The molecule has 0 saturated heterocycles. The van der Waals surface area contributed by atoms with Crippen LogP contribution in [0.2, 0.25) is 0 Å². The number of hydrogen-bond acceptors (Lipinski definition) is 5. The average Bonchev–Trinajstić information content (AvgIpc) is 2.91. The van der Waals surface area contributed by atoms with Crippen LogP contribution in [0, 0.1) is 5.82 Å². The summed E-state index contributed by atoms with van der Waals surface area (Å²) in [5.74, 6) is -1.74. The minimum Gasteiger partial charge on any atom is -0.544 e. The number of aromatic nitrogens is 1. The van der Waals surface area contributed by atoms with Gasteiger partial charge in [0.1, 0.15) is 11.3 Å². The summed E-state index contributed by atoms with van der Waals surface area (Å²) in [5, 5.41) is 11.5. The Morgan fingerprint density at radius 3 is 2.59 bits per heavy atom. The molecular formula is C16H9FNO3S-. The number of fused-ring (bicyclic) bond motifs is 1. The summed E-state index contributed by atoms with van der Waals surface area (Å²) in [5.41, 5.74) is 1.76. The van der Waals surface area contributed by atoms with Gasteiger partial charge in [-0.1, -0.05) is 24.3 Å². The van der Waals surface area contributed by atoms with Gasteiger partial charge in [0, 0.05) is 4.91 Å². The predicted molar refractivity (Wildman–Crippen MR) is 79.3 cm³/mol. The Kier molecular flexibility index (Phi) is 3.93. The molecule has 0 spiro atoms. The van der Waals surface area contributed by atoms with E-state index in [4.69, 9.17) is 4.42 Å². The van der Waals surface area contributed by atoms with E-state index in [1.165, 1.54) is 30.3 Å². The number of thioether (sulfide) groups is 1. The highest BCUT2D eigenvalue weighted by atomic mass is 32.2. The molecule has 3 rings (SSSR count). The molecule has 0 aliphatic rings. The van der Waals surface area contributed by atoms with Crippen LogP contribution < -0.4 is 5.11 Å². The first kappa shape index (κ1) is 14.3. The fourth-order valence-corrected chi connectivity index (χ4v) is 2.57. The Morgan fingerprint density at radius 2 is 1.91 bits per heavy atom. The maximum Gasteiger partial charge on any atom is 0.261 e. The number of oxazole rings is 1. The van der Waals surface area contributed by atoms with E-state index in [1.807, 2.05) is 6.07 Å². The molecule has 0 atom stereocenters. The number of carboxylic acid groups (broad SMARTS) is 1. The van der Waals surface area contributed by atoms with Crippen LogP contribution >= 0.6 is 11.8 Å². The first-order valence-electron chi connectivity index (χ1n) is 6.34. The third-order valence-electron chi connectivity index (χ3n) is 2.84. The largest absolute Gasteiger partial charge is 0.544 e. The van der Waals surface area contributed by atoms with Gasteiger partial charge in [-0.05, 0) is 47.7 Å². The second kappa shape index (κ2) is 6.03. The summed E-state index contributed by atoms with van der Waals surface area (Å²) >= 11 is 0.849. The van der Waals surface area contributed by atoms with Crippen LogP contribution in [0.3, 0.4) is 0 Å². The van der Waals surface area contributed by atoms with Gasteiger partial charge in [0.25, 0.3) is 5.22 Å². The van der Waals surface area contributed by atoms with Crippen molar-refractivity contribution in [2.24, 2.45) is 0 Å². The van der Waals surface area contributed by atoms with Crippen molar-refractivity contribution in [3.05, 3.63) is 64.8 Å². The molecule has 0 N–H and O–H groups in total. The first-order chi connectivity index (χ1) is 10.6. The zero-order chi connectivity index (χ0) is 15.5. The van der Waals surface area contributed by atoms with E-state index >= 15 is 0 Å². The number of benzene rings is 2. The zero-order valence-corrected chi connectivity index (χ0v) is 12.0. The van der Waals surface area contributed by atoms with Crippen molar-refractivity contribution in [2.75, 3.05) is 0 Å². The van der Waals surface area contributed by atoms with Gasteiger partial charge in [0.2, 0.25) is 0 Å². The van der Waals surface area contributed by atoms with Crippen molar-refractivity contribution < 1.29 is 18.7 Å². The molecule has 0 radical (unpaired) electrons. The lowest BCUT2D eigenvalue weighted by Crippen LogP contribution is -2.22. The number of hydrogen-bond donors (Lipinski definition) is 0. The number of carbonyl (C=O) groups excluding carboxylic acids is 1. The van der Waals surface area contributed by atoms with Crippen LogP contribution in [-0.4, -0.2) is 11.0 Å². The fourth-order valence-electron chi connectivity index (χ4n) is 1.83. The van der Waals surface area contributed by atoms with E-state index in [9.17, 15) is 14.3 Å². The van der Waals surface area contributed by atoms with Crippen LogP contribution in [-0.2, 0) is 4.79 Å². The molecule has 2 aromatic carbocycles. The van der Waals surface area contributed by atoms with E-state index in [0.717, 1.165) is 11.8 Å². The van der Waals surface area contributed by atoms with E-state index in [1.54, 1.807) is 18.2 Å². The molecule has 1 aromatic heterocycles. The lowest BCUT2D eigenvalue weighted by Gasteiger charge is -2.05. The lowest BCUT2D eigenvalue weighted by atomic mass is 10.2. The molecule has 0 aliphatic heterocycles. The summed E-state index contributed by atoms with van der Waals surface area (Å²) in [6.45, 7) is 0. The molecule has 3 aromatic rings. The van der Waals surface area contributed by atoms with Crippen LogP contribution in [0.4, 0.5) is 4.39 Å². The van der Waals surface area contributed by atoms with Crippen LogP contribution in [0.15, 0.2) is 63.1 Å². The maximum atomic E-state index is 12.9. The number of carbonyl (C=O) groups is 1. The fraction of sp³-hybridized carbons (Fsp3) is 0. The Bertz CT molecular complexity index is 822. The normalized spacial score (nSPS) is 11.8. The standard InChI is InChI=1S/C16H10FNO3S/c17-11-7-5-10(6-8-11)9-14(15(19)20)22-16-18-12-3-1-2-4-13(12)21-16/h1-9H,(H,19,20)/p-1/b14-9+. The molecule has 0 saturated carbocycles. The van der Waals surface area contributed by atoms with Gasteiger partial charge < -0.3 is 14.3 Å². The van der Waals surface area contributed by atoms with E-state index in [-0.39, 0.29) is 10.1 Å². The third-order valence-corrected chi connectivity index (χ3v) is 3.69. The topological polar surface area (TPSA) is 66.2 Å². The summed E-state index contributed by atoms with van der Waals surface area (Å²) in [4.78, 5) is 15.4. The molecule has 4 nitrogen and oxygen atoms in total. The SMILES string of the molecule is O=C([O-])/C(=C\c1ccc(F)cc1)Sc1nc2ccccc2o1. The quantitative estimate of drug-likeness (QED) is 0.547. The lowest BCUT2D eigenvalue weighted by molar-refractivity contribution is -0.298. The Hall–Kier alpha value is -2.60. The monoisotopic (exact) mass is 314 g/mol. The average molecular weight is 314 g/mol. The highest BCUT2D eigenvalue weighted by Crippen LogP contribution is 2.30. The molecule has 6 heteroatoms. The highest BCUT2D eigenvalue weighted by Gasteiger charge is 2.10. The summed E-state index contributed by atoms with van der Waals surface area (Å²) in [7, 11) is 0. The number of aliphatic carboxylic acids is 1. The van der Waals surface area contributed by atoms with Gasteiger partial charge in [-0.15, -0.1) is 0 Å². The van der Waals surface area contributed by atoms with Gasteiger partial charge in [0.05, 0.1) is 5.97 Å². The van der Waals surface area contributed by atoms with Gasteiger partial charge in [-0.25, -0.2) is 9.37 Å². The molecule has 0 bridgehead atoms. The number of para-hydroxylation sites is 2. The van der Waals surface area contributed by atoms with Crippen LogP contribution in [0.25, 0.3) is 17.2 Å². The molecule has 0 fully saturated rings. The summed E-state index contributed by atoms with van der Waals surface area (Å²) < 4.78 is 18.3. The summed E-state index contributed by atoms with van der Waals surface area (Å²) in [6.07, 6.45) is 1.38. The van der Waals surface area contributed by atoms with E-state index < -0.39 is 11.8 Å². The first-order valence-corrected chi connectivity index (χ1v) is 7.15. The Morgan fingerprint density at radius 1 is 1.18 bits per heavy atom. The van der Waals surface area contributed by atoms with Crippen LogP contribution in [0.5, 0.6) is 0 Å². The number of carboxylic acids is 1. The maximum absolute atomic E-state index is 12.9. The van der Waals surface area contributed by atoms with Gasteiger partial charge in [0.15, 0.2) is 5.58 Å². The van der Waals surface area contributed by atoms with E-state index in [0.29, 0.717) is 16.7 Å². The molecule has 110 valence electrons. The third kappa shape index (κ3) is 3.17. The van der Waals surface area contributed by atoms with Gasteiger partial charge in [-0.2, -0.15) is 0 Å². The van der Waals surface area contributed by atoms with Crippen molar-refractivity contribution in [3.8, 4) is 0 Å². The highest BCUT2D eigenvalue weighted by molar-refractivity contribution is 8.03. The second-order valence-corrected chi connectivity index (χ2v) is 5.39. The second-order valence-electron chi connectivity index (χ2n) is 4.40. The molecule has 0 amide bonds. The number of nitrogens with zero attached hydrogens (tertiary/aromatic N) is 1. The van der Waals surface area contributed by atoms with Crippen molar-refractivity contribution >= 4 is 34.9 Å². The van der Waals surface area contributed by atoms with Crippen molar-refractivity contribution in [1.29, 1.82) is 0 Å². The predicted octanol–water partition coefficient (Wildman–Crippen LogP) is 2.85. The van der Waals surface area contributed by atoms with E-state index in [2.05, 4.69) is 4.98 Å². The number of halogens is 1. The Labute approximate surface area is 129 Å².